The van der Waals surface area contributed by atoms with E-state index >= 15 is 0 Å². The number of nitrogens with two attached hydrogens (primary N) is 1. The number of hydrogen-bond acceptors (Lipinski definition) is 2. The number of nitrogens with zero attached hydrogens (tertiary/aromatic N) is 1. The van der Waals surface area contributed by atoms with Crippen LogP contribution in [0.1, 0.15) is 39.5 Å². The van der Waals surface area contributed by atoms with Gasteiger partial charge in [-0.2, -0.15) is 0 Å². The third-order valence-corrected chi connectivity index (χ3v) is 4.61. The summed E-state index contributed by atoms with van der Waals surface area (Å²) in [6.07, 6.45) is 4.39. The highest BCUT2D eigenvalue weighted by molar-refractivity contribution is 5.89. The molecule has 2 atom stereocenters. The number of carbonyl (C=O) groups excluding carboxylic acids is 1. The van der Waals surface area contributed by atoms with E-state index in [1.807, 2.05) is 42.2 Å². The summed E-state index contributed by atoms with van der Waals surface area (Å²) in [6, 6.07) is 9.57. The fourth-order valence-electron chi connectivity index (χ4n) is 3.58. The molecule has 0 aliphatic heterocycles. The van der Waals surface area contributed by atoms with Crippen LogP contribution >= 0.6 is 0 Å². The van der Waals surface area contributed by atoms with E-state index in [2.05, 4.69) is 12.2 Å². The zero-order valence-electron chi connectivity index (χ0n) is 13.1. The Hall–Kier alpha value is -1.55. The molecule has 1 aromatic rings. The molecule has 116 valence electrons. The second kappa shape index (κ2) is 6.94. The molecule has 4 heteroatoms. The van der Waals surface area contributed by atoms with Gasteiger partial charge in [-0.05, 0) is 37.8 Å². The Morgan fingerprint density at radius 2 is 2.14 bits per heavy atom. The minimum atomic E-state index is -0.189. The predicted molar refractivity (Wildman–Crippen MR) is 87.3 cm³/mol. The molecule has 0 radical (unpaired) electrons. The lowest BCUT2D eigenvalue weighted by Gasteiger charge is -2.47. The standard InChI is InChI=1S/C17H27N3O/c1-3-20(16(21)19-15-9-5-4-6-10-15)17(13-18)11-7-8-14(2)12-17/h4-6,9-10,14H,3,7-8,11-13,18H2,1-2H3,(H,19,21). The Kier molecular flexibility index (Phi) is 5.23. The zero-order valence-corrected chi connectivity index (χ0v) is 13.1. The minimum absolute atomic E-state index is 0.0387. The van der Waals surface area contributed by atoms with Crippen molar-refractivity contribution in [3.63, 3.8) is 0 Å². The highest BCUT2D eigenvalue weighted by atomic mass is 16.2. The number of para-hydroxylation sites is 1. The van der Waals surface area contributed by atoms with Gasteiger partial charge in [-0.25, -0.2) is 4.79 Å². The number of amides is 2. The average molecular weight is 289 g/mol. The topological polar surface area (TPSA) is 58.4 Å². The van der Waals surface area contributed by atoms with Crippen LogP contribution in [0.4, 0.5) is 10.5 Å². The average Bonchev–Trinajstić information content (AvgIpc) is 2.49. The molecule has 1 aliphatic carbocycles. The lowest BCUT2D eigenvalue weighted by molar-refractivity contribution is 0.0761. The van der Waals surface area contributed by atoms with Crippen molar-refractivity contribution in [2.45, 2.75) is 45.1 Å². The number of anilines is 1. The third-order valence-electron chi connectivity index (χ3n) is 4.61. The van der Waals surface area contributed by atoms with Crippen LogP contribution in [0.25, 0.3) is 0 Å². The van der Waals surface area contributed by atoms with Gasteiger partial charge in [0, 0.05) is 18.8 Å². The molecular formula is C17H27N3O. The van der Waals surface area contributed by atoms with E-state index in [-0.39, 0.29) is 11.6 Å². The lowest BCUT2D eigenvalue weighted by atomic mass is 9.75. The summed E-state index contributed by atoms with van der Waals surface area (Å²) >= 11 is 0. The number of rotatable bonds is 4. The third kappa shape index (κ3) is 3.56. The second-order valence-corrected chi connectivity index (χ2v) is 6.17. The van der Waals surface area contributed by atoms with Gasteiger partial charge in [-0.1, -0.05) is 38.0 Å². The maximum atomic E-state index is 12.7. The molecule has 2 unspecified atom stereocenters. The second-order valence-electron chi connectivity index (χ2n) is 6.17. The summed E-state index contributed by atoms with van der Waals surface area (Å²) in [5.74, 6) is 0.626. The van der Waals surface area contributed by atoms with E-state index in [1.54, 1.807) is 0 Å². The number of likely N-dealkylation sites (N-methyl/N-ethyl adjacent to an activating group) is 1. The van der Waals surface area contributed by atoms with Crippen molar-refractivity contribution in [1.82, 2.24) is 4.90 Å². The van der Waals surface area contributed by atoms with E-state index in [9.17, 15) is 4.79 Å². The van der Waals surface area contributed by atoms with Crippen molar-refractivity contribution in [3.05, 3.63) is 30.3 Å². The summed E-state index contributed by atoms with van der Waals surface area (Å²) in [5, 5.41) is 3.00. The van der Waals surface area contributed by atoms with Gasteiger partial charge in [0.2, 0.25) is 0 Å². The SMILES string of the molecule is CCN(C(=O)Nc1ccccc1)C1(CN)CCCC(C)C1. The molecule has 2 amide bonds. The molecule has 4 nitrogen and oxygen atoms in total. The predicted octanol–water partition coefficient (Wildman–Crippen LogP) is 3.45. The maximum Gasteiger partial charge on any atom is 0.322 e. The normalized spacial score (nSPS) is 25.4. The number of nitrogens with one attached hydrogen (secondary N) is 1. The van der Waals surface area contributed by atoms with Crippen molar-refractivity contribution in [2.24, 2.45) is 11.7 Å². The molecular weight excluding hydrogens is 262 g/mol. The molecule has 0 aromatic heterocycles. The monoisotopic (exact) mass is 289 g/mol. The van der Waals surface area contributed by atoms with Crippen LogP contribution in [-0.4, -0.2) is 29.6 Å². The van der Waals surface area contributed by atoms with Crippen molar-refractivity contribution in [1.29, 1.82) is 0 Å². The Labute approximate surface area is 127 Å². The summed E-state index contributed by atoms with van der Waals surface area (Å²) in [5.41, 5.74) is 6.73. The van der Waals surface area contributed by atoms with Crippen LogP contribution in [0.5, 0.6) is 0 Å². The van der Waals surface area contributed by atoms with Crippen LogP contribution in [-0.2, 0) is 0 Å². The summed E-state index contributed by atoms with van der Waals surface area (Å²) in [4.78, 5) is 14.6. The molecule has 2 rings (SSSR count). The fraction of sp³-hybridized carbons (Fsp3) is 0.588. The minimum Gasteiger partial charge on any atom is -0.328 e. The Balaban J connectivity index is 2.15. The molecule has 1 saturated carbocycles. The molecule has 0 heterocycles. The van der Waals surface area contributed by atoms with Crippen LogP contribution in [0.3, 0.4) is 0 Å². The number of hydrogen-bond donors (Lipinski definition) is 2. The van der Waals surface area contributed by atoms with Crippen LogP contribution in [0.15, 0.2) is 30.3 Å². The molecule has 0 spiro atoms. The number of urea groups is 1. The van der Waals surface area contributed by atoms with Gasteiger partial charge in [0.25, 0.3) is 0 Å². The van der Waals surface area contributed by atoms with E-state index in [0.717, 1.165) is 24.9 Å². The Bertz CT molecular complexity index is 462. The summed E-state index contributed by atoms with van der Waals surface area (Å²) < 4.78 is 0. The lowest BCUT2D eigenvalue weighted by Crippen LogP contribution is -2.59. The number of carbonyl (C=O) groups is 1. The molecule has 0 bridgehead atoms. The maximum absolute atomic E-state index is 12.7. The first-order valence-electron chi connectivity index (χ1n) is 7.95. The number of benzene rings is 1. The van der Waals surface area contributed by atoms with Crippen LogP contribution in [0, 0.1) is 5.92 Å². The summed E-state index contributed by atoms with van der Waals surface area (Å²) in [6.45, 7) is 5.50. The van der Waals surface area contributed by atoms with Crippen molar-refractivity contribution in [3.8, 4) is 0 Å². The van der Waals surface area contributed by atoms with E-state index in [0.29, 0.717) is 19.0 Å². The quantitative estimate of drug-likeness (QED) is 0.892. The van der Waals surface area contributed by atoms with E-state index in [4.69, 9.17) is 5.73 Å². The van der Waals surface area contributed by atoms with Gasteiger partial charge in [-0.15, -0.1) is 0 Å². The van der Waals surface area contributed by atoms with Gasteiger partial charge in [0.05, 0.1) is 5.54 Å². The Morgan fingerprint density at radius 3 is 2.71 bits per heavy atom. The molecule has 0 saturated heterocycles. The zero-order chi connectivity index (χ0) is 15.3. The van der Waals surface area contributed by atoms with E-state index in [1.165, 1.54) is 6.42 Å². The first-order chi connectivity index (χ1) is 10.1. The molecule has 3 N–H and O–H groups in total. The van der Waals surface area contributed by atoms with Gasteiger partial charge in [0.15, 0.2) is 0 Å². The van der Waals surface area contributed by atoms with Gasteiger partial charge < -0.3 is 16.0 Å². The van der Waals surface area contributed by atoms with Gasteiger partial charge >= 0.3 is 6.03 Å². The van der Waals surface area contributed by atoms with Crippen molar-refractivity contribution in [2.75, 3.05) is 18.4 Å². The molecule has 1 aliphatic rings. The smallest absolute Gasteiger partial charge is 0.322 e. The molecule has 21 heavy (non-hydrogen) atoms. The van der Waals surface area contributed by atoms with Gasteiger partial charge in [0.1, 0.15) is 0 Å². The summed E-state index contributed by atoms with van der Waals surface area (Å²) in [7, 11) is 0. The fourth-order valence-corrected chi connectivity index (χ4v) is 3.58. The van der Waals surface area contributed by atoms with Crippen LogP contribution < -0.4 is 11.1 Å². The van der Waals surface area contributed by atoms with Gasteiger partial charge in [-0.3, -0.25) is 0 Å². The first kappa shape index (κ1) is 15.8. The molecule has 1 fully saturated rings. The Morgan fingerprint density at radius 1 is 1.43 bits per heavy atom. The van der Waals surface area contributed by atoms with Crippen molar-refractivity contribution >= 4 is 11.7 Å². The highest BCUT2D eigenvalue weighted by Crippen LogP contribution is 2.36. The largest absolute Gasteiger partial charge is 0.328 e. The van der Waals surface area contributed by atoms with Crippen molar-refractivity contribution < 1.29 is 4.79 Å². The first-order valence-corrected chi connectivity index (χ1v) is 7.95. The molecule has 1 aromatic carbocycles. The van der Waals surface area contributed by atoms with Crippen LogP contribution in [0.2, 0.25) is 0 Å². The highest BCUT2D eigenvalue weighted by Gasteiger charge is 2.40. The van der Waals surface area contributed by atoms with E-state index < -0.39 is 0 Å².